The fourth-order valence-electron chi connectivity index (χ4n) is 2.50. The number of benzene rings is 2. The Hall–Kier alpha value is -3.22. The van der Waals surface area contributed by atoms with Crippen molar-refractivity contribution in [3.05, 3.63) is 47.5 Å². The lowest BCUT2D eigenvalue weighted by Crippen LogP contribution is -2.13. The molecule has 7 heteroatoms. The number of ether oxygens (including phenoxy) is 4. The summed E-state index contributed by atoms with van der Waals surface area (Å²) in [6.45, 7) is 2.11. The highest BCUT2D eigenvalue weighted by Gasteiger charge is 2.17. The molecule has 0 aliphatic rings. The van der Waals surface area contributed by atoms with E-state index >= 15 is 0 Å². The zero-order valence-corrected chi connectivity index (χ0v) is 15.8. The summed E-state index contributed by atoms with van der Waals surface area (Å²) >= 11 is 0. The molecule has 0 aliphatic carbocycles. The second kappa shape index (κ2) is 9.47. The molecule has 1 N–H and O–H groups in total. The quantitative estimate of drug-likeness (QED) is 0.716. The van der Waals surface area contributed by atoms with Crippen LogP contribution in [0.15, 0.2) is 36.4 Å². The lowest BCUT2D eigenvalue weighted by atomic mass is 10.1. The molecule has 2 aromatic carbocycles. The van der Waals surface area contributed by atoms with E-state index in [0.717, 1.165) is 5.56 Å². The van der Waals surface area contributed by atoms with Crippen molar-refractivity contribution >= 4 is 17.6 Å². The van der Waals surface area contributed by atoms with Crippen LogP contribution >= 0.6 is 0 Å². The number of hydrogen-bond acceptors (Lipinski definition) is 6. The van der Waals surface area contributed by atoms with Gasteiger partial charge in [-0.3, -0.25) is 9.59 Å². The van der Waals surface area contributed by atoms with Crippen LogP contribution in [0.4, 0.5) is 5.69 Å². The summed E-state index contributed by atoms with van der Waals surface area (Å²) in [6.07, 6.45) is 0.189. The minimum atomic E-state index is -0.326. The Kier molecular flexibility index (Phi) is 7.05. The number of amides is 1. The number of esters is 1. The van der Waals surface area contributed by atoms with Crippen molar-refractivity contribution in [2.24, 2.45) is 0 Å². The van der Waals surface area contributed by atoms with Crippen LogP contribution in [0.1, 0.15) is 22.8 Å². The van der Waals surface area contributed by atoms with Crippen LogP contribution in [-0.2, 0) is 16.0 Å². The van der Waals surface area contributed by atoms with Crippen LogP contribution < -0.4 is 19.5 Å². The van der Waals surface area contributed by atoms with Gasteiger partial charge in [-0.2, -0.15) is 0 Å². The van der Waals surface area contributed by atoms with Gasteiger partial charge in [0, 0.05) is 11.3 Å². The van der Waals surface area contributed by atoms with E-state index in [9.17, 15) is 9.59 Å². The molecule has 2 rings (SSSR count). The zero-order chi connectivity index (χ0) is 19.8. The summed E-state index contributed by atoms with van der Waals surface area (Å²) in [5.41, 5.74) is 1.76. The van der Waals surface area contributed by atoms with Gasteiger partial charge in [0.1, 0.15) is 0 Å². The van der Waals surface area contributed by atoms with Gasteiger partial charge in [-0.25, -0.2) is 0 Å². The van der Waals surface area contributed by atoms with Crippen molar-refractivity contribution in [1.82, 2.24) is 0 Å². The van der Waals surface area contributed by atoms with Crippen molar-refractivity contribution in [2.45, 2.75) is 13.3 Å². The largest absolute Gasteiger partial charge is 0.493 e. The van der Waals surface area contributed by atoms with E-state index in [1.165, 1.54) is 21.3 Å². The van der Waals surface area contributed by atoms with Crippen LogP contribution in [-0.4, -0.2) is 39.8 Å². The second-order valence-corrected chi connectivity index (χ2v) is 5.55. The van der Waals surface area contributed by atoms with E-state index < -0.39 is 0 Å². The van der Waals surface area contributed by atoms with Crippen LogP contribution in [0.25, 0.3) is 0 Å². The maximum atomic E-state index is 12.6. The molecule has 0 atom stereocenters. The third-order valence-electron chi connectivity index (χ3n) is 3.79. The first-order valence-electron chi connectivity index (χ1n) is 8.38. The van der Waals surface area contributed by atoms with Gasteiger partial charge in [0.05, 0.1) is 34.4 Å². The lowest BCUT2D eigenvalue weighted by Gasteiger charge is -2.14. The van der Waals surface area contributed by atoms with Gasteiger partial charge in [0.25, 0.3) is 5.91 Å². The number of rotatable bonds is 8. The molecule has 0 saturated carbocycles. The number of carbonyl (C=O) groups excluding carboxylic acids is 2. The van der Waals surface area contributed by atoms with E-state index in [4.69, 9.17) is 18.9 Å². The summed E-state index contributed by atoms with van der Waals surface area (Å²) in [6, 6.07) is 10.1. The molecule has 0 saturated heterocycles. The van der Waals surface area contributed by atoms with Gasteiger partial charge < -0.3 is 24.3 Å². The van der Waals surface area contributed by atoms with E-state index in [1.807, 2.05) is 0 Å². The molecule has 0 aliphatic heterocycles. The minimum Gasteiger partial charge on any atom is -0.493 e. The Labute approximate surface area is 158 Å². The fraction of sp³-hybridized carbons (Fsp3) is 0.300. The maximum Gasteiger partial charge on any atom is 0.310 e. The monoisotopic (exact) mass is 373 g/mol. The second-order valence-electron chi connectivity index (χ2n) is 5.55. The predicted octanol–water partition coefficient (Wildman–Crippen LogP) is 3.07. The molecule has 0 bridgehead atoms. The van der Waals surface area contributed by atoms with Gasteiger partial charge in [0.15, 0.2) is 11.5 Å². The van der Waals surface area contributed by atoms with E-state index in [0.29, 0.717) is 35.1 Å². The van der Waals surface area contributed by atoms with Crippen LogP contribution in [0.5, 0.6) is 17.2 Å². The van der Waals surface area contributed by atoms with E-state index in [-0.39, 0.29) is 18.3 Å². The first kappa shape index (κ1) is 20.1. The average molecular weight is 373 g/mol. The molecule has 0 fully saturated rings. The highest BCUT2D eigenvalue weighted by Crippen LogP contribution is 2.38. The normalized spacial score (nSPS) is 10.1. The molecule has 27 heavy (non-hydrogen) atoms. The van der Waals surface area contributed by atoms with Gasteiger partial charge >= 0.3 is 5.97 Å². The summed E-state index contributed by atoms with van der Waals surface area (Å²) in [5, 5.41) is 2.80. The fourth-order valence-corrected chi connectivity index (χ4v) is 2.50. The molecule has 0 heterocycles. The first-order chi connectivity index (χ1) is 13.0. The number of nitrogens with one attached hydrogen (secondary N) is 1. The molecule has 7 nitrogen and oxygen atoms in total. The number of methoxy groups -OCH3 is 3. The summed E-state index contributed by atoms with van der Waals surface area (Å²) in [7, 11) is 4.47. The van der Waals surface area contributed by atoms with Gasteiger partial charge in [-0.15, -0.1) is 0 Å². The third kappa shape index (κ3) is 5.13. The SMILES string of the molecule is CCOC(=O)Cc1ccc(NC(=O)c2cc(OC)c(OC)c(OC)c2)cc1. The van der Waals surface area contributed by atoms with Crippen molar-refractivity contribution in [3.8, 4) is 17.2 Å². The smallest absolute Gasteiger partial charge is 0.310 e. The van der Waals surface area contributed by atoms with Gasteiger partial charge in [-0.05, 0) is 36.8 Å². The molecule has 0 spiro atoms. The Balaban J connectivity index is 2.14. The minimum absolute atomic E-state index is 0.189. The maximum absolute atomic E-state index is 12.6. The Bertz CT molecular complexity index is 776. The molecule has 0 aromatic heterocycles. The van der Waals surface area contributed by atoms with Gasteiger partial charge in [0.2, 0.25) is 5.75 Å². The zero-order valence-electron chi connectivity index (χ0n) is 15.8. The van der Waals surface area contributed by atoms with Crippen LogP contribution in [0, 0.1) is 0 Å². The number of carbonyl (C=O) groups is 2. The molecule has 2 aromatic rings. The lowest BCUT2D eigenvalue weighted by molar-refractivity contribution is -0.142. The summed E-state index contributed by atoms with van der Waals surface area (Å²) in [5.74, 6) is 0.595. The standard InChI is InChI=1S/C20H23NO6/c1-5-27-18(22)10-13-6-8-15(9-7-13)21-20(23)14-11-16(24-2)19(26-4)17(12-14)25-3/h6-9,11-12H,5,10H2,1-4H3,(H,21,23). The molecular weight excluding hydrogens is 350 g/mol. The predicted molar refractivity (Wildman–Crippen MR) is 101 cm³/mol. The molecule has 144 valence electrons. The average Bonchev–Trinajstić information content (AvgIpc) is 2.68. The molecular formula is C20H23NO6. The highest BCUT2D eigenvalue weighted by atomic mass is 16.5. The number of anilines is 1. The summed E-state index contributed by atoms with van der Waals surface area (Å²) in [4.78, 5) is 24.1. The van der Waals surface area contributed by atoms with Crippen molar-refractivity contribution < 1.29 is 28.5 Å². The molecule has 1 amide bonds. The van der Waals surface area contributed by atoms with Crippen LogP contribution in [0.3, 0.4) is 0 Å². The summed E-state index contributed by atoms with van der Waals surface area (Å²) < 4.78 is 20.7. The third-order valence-corrected chi connectivity index (χ3v) is 3.79. The van der Waals surface area contributed by atoms with E-state index in [1.54, 1.807) is 43.3 Å². The first-order valence-corrected chi connectivity index (χ1v) is 8.38. The topological polar surface area (TPSA) is 83.1 Å². The molecule has 0 radical (unpaired) electrons. The number of hydrogen-bond donors (Lipinski definition) is 1. The Morgan fingerprint density at radius 1 is 0.926 bits per heavy atom. The Morgan fingerprint density at radius 3 is 2.00 bits per heavy atom. The highest BCUT2D eigenvalue weighted by molar-refractivity contribution is 6.05. The molecule has 0 unspecified atom stereocenters. The van der Waals surface area contributed by atoms with Crippen molar-refractivity contribution in [3.63, 3.8) is 0 Å². The van der Waals surface area contributed by atoms with Crippen LogP contribution in [0.2, 0.25) is 0 Å². The van der Waals surface area contributed by atoms with Crippen molar-refractivity contribution in [1.29, 1.82) is 0 Å². The Morgan fingerprint density at radius 2 is 1.52 bits per heavy atom. The van der Waals surface area contributed by atoms with E-state index in [2.05, 4.69) is 5.32 Å². The van der Waals surface area contributed by atoms with Crippen molar-refractivity contribution in [2.75, 3.05) is 33.3 Å². The van der Waals surface area contributed by atoms with Gasteiger partial charge in [-0.1, -0.05) is 12.1 Å².